The molecule has 0 amide bonds. The number of halogens is 1. The molecule has 4 heteroatoms. The highest BCUT2D eigenvalue weighted by atomic mass is 19.1. The van der Waals surface area contributed by atoms with E-state index in [9.17, 15) is 9.18 Å². The van der Waals surface area contributed by atoms with Gasteiger partial charge < -0.3 is 10.1 Å². The standard InChI is InChI=1S/C20H16FNO2/c1-24-19-4-2-3-14(11-19)15-5-6-16(13-23)20(12-15)22-18-9-7-17(21)8-10-18/h2-13,22H,1H3. The zero-order valence-electron chi connectivity index (χ0n) is 13.1. The fourth-order valence-electron chi connectivity index (χ4n) is 2.44. The van der Waals surface area contributed by atoms with Gasteiger partial charge in [0.15, 0.2) is 6.29 Å². The van der Waals surface area contributed by atoms with Crippen molar-refractivity contribution in [2.45, 2.75) is 0 Å². The number of anilines is 2. The van der Waals surface area contributed by atoms with Crippen molar-refractivity contribution in [3.8, 4) is 16.9 Å². The number of hydrogen-bond acceptors (Lipinski definition) is 3. The average molecular weight is 321 g/mol. The van der Waals surface area contributed by atoms with Crippen LogP contribution in [-0.4, -0.2) is 13.4 Å². The van der Waals surface area contributed by atoms with Crippen LogP contribution in [0.4, 0.5) is 15.8 Å². The van der Waals surface area contributed by atoms with Crippen molar-refractivity contribution in [3.05, 3.63) is 78.1 Å². The van der Waals surface area contributed by atoms with Gasteiger partial charge in [0.25, 0.3) is 0 Å². The molecule has 0 heterocycles. The number of carbonyl (C=O) groups excluding carboxylic acids is 1. The topological polar surface area (TPSA) is 38.3 Å². The molecule has 0 spiro atoms. The lowest BCUT2D eigenvalue weighted by molar-refractivity contribution is 0.112. The van der Waals surface area contributed by atoms with Crippen LogP contribution >= 0.6 is 0 Å². The number of benzene rings is 3. The monoisotopic (exact) mass is 321 g/mol. The van der Waals surface area contributed by atoms with Crippen LogP contribution in [0.1, 0.15) is 10.4 Å². The normalized spacial score (nSPS) is 10.2. The summed E-state index contributed by atoms with van der Waals surface area (Å²) < 4.78 is 18.3. The Morgan fingerprint density at radius 2 is 1.71 bits per heavy atom. The van der Waals surface area contributed by atoms with Gasteiger partial charge in [-0.1, -0.05) is 18.2 Å². The van der Waals surface area contributed by atoms with Gasteiger partial charge >= 0.3 is 0 Å². The molecule has 24 heavy (non-hydrogen) atoms. The minimum Gasteiger partial charge on any atom is -0.497 e. The summed E-state index contributed by atoms with van der Waals surface area (Å²) in [5, 5.41) is 3.16. The second-order valence-electron chi connectivity index (χ2n) is 5.28. The molecule has 0 aromatic heterocycles. The van der Waals surface area contributed by atoms with E-state index in [1.807, 2.05) is 36.4 Å². The highest BCUT2D eigenvalue weighted by molar-refractivity contribution is 5.88. The Hall–Kier alpha value is -3.14. The minimum absolute atomic E-state index is 0.304. The molecule has 0 aliphatic heterocycles. The quantitative estimate of drug-likeness (QED) is 0.668. The van der Waals surface area contributed by atoms with Crippen molar-refractivity contribution in [1.29, 1.82) is 0 Å². The van der Waals surface area contributed by atoms with Crippen molar-refractivity contribution < 1.29 is 13.9 Å². The predicted octanol–water partition coefficient (Wildman–Crippen LogP) is 5.06. The molecule has 0 fully saturated rings. The number of ether oxygens (including phenoxy) is 1. The van der Waals surface area contributed by atoms with Crippen molar-refractivity contribution in [2.75, 3.05) is 12.4 Å². The molecule has 1 N–H and O–H groups in total. The van der Waals surface area contributed by atoms with Crippen LogP contribution in [0.2, 0.25) is 0 Å². The molecule has 120 valence electrons. The maximum Gasteiger partial charge on any atom is 0.152 e. The van der Waals surface area contributed by atoms with E-state index in [1.165, 1.54) is 12.1 Å². The van der Waals surface area contributed by atoms with Gasteiger partial charge in [0.2, 0.25) is 0 Å². The summed E-state index contributed by atoms with van der Waals surface area (Å²) in [4.78, 5) is 11.3. The first-order chi connectivity index (χ1) is 11.7. The second-order valence-corrected chi connectivity index (χ2v) is 5.28. The minimum atomic E-state index is -0.304. The first-order valence-electron chi connectivity index (χ1n) is 7.46. The van der Waals surface area contributed by atoms with Gasteiger partial charge in [-0.05, 0) is 59.7 Å². The molecule has 3 nitrogen and oxygen atoms in total. The summed E-state index contributed by atoms with van der Waals surface area (Å²) in [6.45, 7) is 0. The fraction of sp³-hybridized carbons (Fsp3) is 0.0500. The molecule has 0 aliphatic carbocycles. The smallest absolute Gasteiger partial charge is 0.152 e. The number of nitrogens with one attached hydrogen (secondary N) is 1. The van der Waals surface area contributed by atoms with E-state index in [0.29, 0.717) is 16.9 Å². The molecule has 0 aliphatic rings. The molecule has 3 aromatic carbocycles. The Morgan fingerprint density at radius 3 is 2.42 bits per heavy atom. The fourth-order valence-corrected chi connectivity index (χ4v) is 2.44. The lowest BCUT2D eigenvalue weighted by Gasteiger charge is -2.12. The van der Waals surface area contributed by atoms with Crippen molar-refractivity contribution >= 4 is 17.7 Å². The number of rotatable bonds is 5. The molecule has 3 aromatic rings. The zero-order valence-corrected chi connectivity index (χ0v) is 13.1. The Bertz CT molecular complexity index is 860. The van der Waals surface area contributed by atoms with E-state index >= 15 is 0 Å². The summed E-state index contributed by atoms with van der Waals surface area (Å²) >= 11 is 0. The van der Waals surface area contributed by atoms with Crippen LogP contribution in [0.25, 0.3) is 11.1 Å². The summed E-state index contributed by atoms with van der Waals surface area (Å²) in [6.07, 6.45) is 0.793. The number of methoxy groups -OCH3 is 1. The van der Waals surface area contributed by atoms with Crippen LogP contribution in [0.3, 0.4) is 0 Å². The second kappa shape index (κ2) is 6.96. The lowest BCUT2D eigenvalue weighted by atomic mass is 10.0. The van der Waals surface area contributed by atoms with Gasteiger partial charge in [0.1, 0.15) is 11.6 Å². The molecule has 0 saturated carbocycles. The Balaban J connectivity index is 1.98. The highest BCUT2D eigenvalue weighted by Crippen LogP contribution is 2.29. The molecule has 0 saturated heterocycles. The van der Waals surface area contributed by atoms with Crippen molar-refractivity contribution in [1.82, 2.24) is 0 Å². The predicted molar refractivity (Wildman–Crippen MR) is 93.5 cm³/mol. The summed E-state index contributed by atoms with van der Waals surface area (Å²) in [6, 6.07) is 19.2. The first-order valence-corrected chi connectivity index (χ1v) is 7.46. The maximum absolute atomic E-state index is 13.0. The number of aldehydes is 1. The third-order valence-corrected chi connectivity index (χ3v) is 3.71. The van der Waals surface area contributed by atoms with E-state index in [1.54, 1.807) is 25.3 Å². The third kappa shape index (κ3) is 3.43. The van der Waals surface area contributed by atoms with Gasteiger partial charge in [0, 0.05) is 16.9 Å². The van der Waals surface area contributed by atoms with Gasteiger partial charge in [-0.2, -0.15) is 0 Å². The van der Waals surface area contributed by atoms with Crippen LogP contribution in [0.15, 0.2) is 66.7 Å². The molecule has 0 unspecified atom stereocenters. The maximum atomic E-state index is 13.0. The number of carbonyl (C=O) groups is 1. The molecular formula is C20H16FNO2. The van der Waals surface area contributed by atoms with Crippen LogP contribution in [0, 0.1) is 5.82 Å². The van der Waals surface area contributed by atoms with Gasteiger partial charge in [-0.15, -0.1) is 0 Å². The van der Waals surface area contributed by atoms with Crippen molar-refractivity contribution in [2.24, 2.45) is 0 Å². The Morgan fingerprint density at radius 1 is 0.958 bits per heavy atom. The highest BCUT2D eigenvalue weighted by Gasteiger charge is 2.07. The molecule has 3 rings (SSSR count). The van der Waals surface area contributed by atoms with Gasteiger partial charge in [-0.25, -0.2) is 4.39 Å². The van der Waals surface area contributed by atoms with E-state index in [-0.39, 0.29) is 5.82 Å². The van der Waals surface area contributed by atoms with Gasteiger partial charge in [0.05, 0.1) is 7.11 Å². The number of hydrogen-bond donors (Lipinski definition) is 1. The van der Waals surface area contributed by atoms with E-state index in [4.69, 9.17) is 4.74 Å². The van der Waals surface area contributed by atoms with Crippen LogP contribution in [-0.2, 0) is 0 Å². The lowest BCUT2D eigenvalue weighted by Crippen LogP contribution is -1.96. The molecule has 0 bridgehead atoms. The van der Waals surface area contributed by atoms with E-state index in [2.05, 4.69) is 5.32 Å². The van der Waals surface area contributed by atoms with E-state index in [0.717, 1.165) is 23.2 Å². The Kier molecular flexibility index (Phi) is 4.57. The van der Waals surface area contributed by atoms with Gasteiger partial charge in [-0.3, -0.25) is 4.79 Å². The van der Waals surface area contributed by atoms with E-state index < -0.39 is 0 Å². The van der Waals surface area contributed by atoms with Crippen LogP contribution in [0.5, 0.6) is 5.75 Å². The summed E-state index contributed by atoms with van der Waals surface area (Å²) in [5.41, 5.74) is 3.84. The summed E-state index contributed by atoms with van der Waals surface area (Å²) in [5.74, 6) is 0.460. The third-order valence-electron chi connectivity index (χ3n) is 3.71. The summed E-state index contributed by atoms with van der Waals surface area (Å²) in [7, 11) is 1.62. The SMILES string of the molecule is COc1cccc(-c2ccc(C=O)c(Nc3ccc(F)cc3)c2)c1. The largest absolute Gasteiger partial charge is 0.497 e. The molecular weight excluding hydrogens is 305 g/mol. The molecule has 0 radical (unpaired) electrons. The van der Waals surface area contributed by atoms with Crippen LogP contribution < -0.4 is 10.1 Å². The zero-order chi connectivity index (χ0) is 16.9. The van der Waals surface area contributed by atoms with Crippen molar-refractivity contribution in [3.63, 3.8) is 0 Å². The Labute approximate surface area is 139 Å². The molecule has 0 atom stereocenters. The first kappa shape index (κ1) is 15.7. The average Bonchev–Trinajstić information content (AvgIpc) is 2.63.